The van der Waals surface area contributed by atoms with Crippen molar-refractivity contribution in [1.82, 2.24) is 0 Å². The SMILES string of the molecule is C=C1CCC2[C@H](CO)C([C@@]3(C)C[C@@H](C)[C@@H](C)C[C@@H]3CO)CC[C@]12C. The number of hydrogen-bond acceptors (Lipinski definition) is 2. The van der Waals surface area contributed by atoms with Crippen LogP contribution in [0.1, 0.15) is 66.2 Å². The van der Waals surface area contributed by atoms with Crippen molar-refractivity contribution in [3.05, 3.63) is 12.2 Å². The molecule has 0 amide bonds. The van der Waals surface area contributed by atoms with Crippen LogP contribution in [0.4, 0.5) is 0 Å². The van der Waals surface area contributed by atoms with Gasteiger partial charge in [-0.05, 0) is 84.9 Å². The molecule has 8 atom stereocenters. The van der Waals surface area contributed by atoms with Crippen LogP contribution in [0.5, 0.6) is 0 Å². The van der Waals surface area contributed by atoms with E-state index >= 15 is 0 Å². The lowest BCUT2D eigenvalue weighted by Crippen LogP contribution is -2.52. The van der Waals surface area contributed by atoms with Gasteiger partial charge in [-0.15, -0.1) is 0 Å². The Kier molecular flexibility index (Phi) is 4.94. The summed E-state index contributed by atoms with van der Waals surface area (Å²) in [6.07, 6.45) is 7.07. The molecule has 0 aromatic heterocycles. The third kappa shape index (κ3) is 2.60. The van der Waals surface area contributed by atoms with E-state index in [9.17, 15) is 10.2 Å². The fourth-order valence-electron chi connectivity index (χ4n) is 7.02. The minimum atomic E-state index is 0.166. The smallest absolute Gasteiger partial charge is 0.0465 e. The van der Waals surface area contributed by atoms with Crippen LogP contribution in [0.15, 0.2) is 12.2 Å². The van der Waals surface area contributed by atoms with E-state index in [-0.39, 0.29) is 10.8 Å². The largest absolute Gasteiger partial charge is 0.396 e. The minimum Gasteiger partial charge on any atom is -0.396 e. The second-order valence-corrected chi connectivity index (χ2v) is 9.94. The van der Waals surface area contributed by atoms with Gasteiger partial charge in [-0.2, -0.15) is 0 Å². The molecule has 3 fully saturated rings. The second-order valence-electron chi connectivity index (χ2n) is 9.94. The Morgan fingerprint density at radius 1 is 1.04 bits per heavy atom. The van der Waals surface area contributed by atoms with Crippen molar-refractivity contribution < 1.29 is 10.2 Å². The number of allylic oxidation sites excluding steroid dienone is 1. The predicted octanol–water partition coefficient (Wildman–Crippen LogP) is 4.66. The van der Waals surface area contributed by atoms with Crippen LogP contribution in [0.25, 0.3) is 0 Å². The monoisotopic (exact) mass is 334 g/mol. The summed E-state index contributed by atoms with van der Waals surface area (Å²) in [4.78, 5) is 0. The maximum Gasteiger partial charge on any atom is 0.0465 e. The van der Waals surface area contributed by atoms with Crippen molar-refractivity contribution in [2.24, 2.45) is 46.3 Å². The highest BCUT2D eigenvalue weighted by Gasteiger charge is 2.56. The number of hydrogen-bond donors (Lipinski definition) is 2. The van der Waals surface area contributed by atoms with E-state index < -0.39 is 0 Å². The summed E-state index contributed by atoms with van der Waals surface area (Å²) in [7, 11) is 0. The average Bonchev–Trinajstić information content (AvgIpc) is 2.85. The van der Waals surface area contributed by atoms with E-state index in [4.69, 9.17) is 0 Å². The first kappa shape index (κ1) is 18.5. The molecule has 3 aliphatic rings. The molecule has 3 aliphatic carbocycles. The molecule has 0 heterocycles. The Morgan fingerprint density at radius 3 is 2.38 bits per heavy atom. The third-order valence-electron chi connectivity index (χ3n) is 8.99. The molecule has 0 bridgehead atoms. The van der Waals surface area contributed by atoms with Crippen LogP contribution < -0.4 is 0 Å². The van der Waals surface area contributed by atoms with E-state index in [0.29, 0.717) is 48.7 Å². The summed E-state index contributed by atoms with van der Waals surface area (Å²) in [6, 6.07) is 0. The highest BCUT2D eigenvalue weighted by atomic mass is 16.3. The molecule has 0 aliphatic heterocycles. The average molecular weight is 335 g/mol. The molecule has 0 aromatic carbocycles. The summed E-state index contributed by atoms with van der Waals surface area (Å²) in [5.74, 6) is 3.30. The topological polar surface area (TPSA) is 40.5 Å². The van der Waals surface area contributed by atoms with Crippen molar-refractivity contribution in [3.63, 3.8) is 0 Å². The van der Waals surface area contributed by atoms with E-state index in [1.54, 1.807) is 0 Å². The maximum atomic E-state index is 10.3. The second kappa shape index (κ2) is 6.43. The first-order chi connectivity index (χ1) is 11.3. The third-order valence-corrected chi connectivity index (χ3v) is 8.99. The number of aliphatic hydroxyl groups is 2. The molecule has 138 valence electrons. The Labute approximate surface area is 148 Å². The van der Waals surface area contributed by atoms with Crippen molar-refractivity contribution in [1.29, 1.82) is 0 Å². The molecule has 2 unspecified atom stereocenters. The molecular formula is C22H38O2. The van der Waals surface area contributed by atoms with Crippen LogP contribution in [0.2, 0.25) is 0 Å². The van der Waals surface area contributed by atoms with Gasteiger partial charge in [0.05, 0.1) is 0 Å². The zero-order valence-electron chi connectivity index (χ0n) is 16.2. The fourth-order valence-corrected chi connectivity index (χ4v) is 7.02. The quantitative estimate of drug-likeness (QED) is 0.737. The van der Waals surface area contributed by atoms with Gasteiger partial charge in [0.15, 0.2) is 0 Å². The molecule has 3 saturated carbocycles. The van der Waals surface area contributed by atoms with E-state index in [1.165, 1.54) is 31.3 Å². The van der Waals surface area contributed by atoms with Crippen LogP contribution >= 0.6 is 0 Å². The van der Waals surface area contributed by atoms with Crippen LogP contribution in [-0.2, 0) is 0 Å². The summed E-state index contributed by atoms with van der Waals surface area (Å²) in [6.45, 7) is 14.5. The van der Waals surface area contributed by atoms with Gasteiger partial charge in [0.25, 0.3) is 0 Å². The van der Waals surface area contributed by atoms with Gasteiger partial charge in [0, 0.05) is 13.2 Å². The first-order valence-electron chi connectivity index (χ1n) is 10.2. The molecule has 0 aromatic rings. The number of rotatable bonds is 3. The van der Waals surface area contributed by atoms with Crippen molar-refractivity contribution in [2.45, 2.75) is 66.2 Å². The molecule has 2 nitrogen and oxygen atoms in total. The summed E-state index contributed by atoms with van der Waals surface area (Å²) in [5, 5.41) is 20.5. The lowest BCUT2D eigenvalue weighted by Gasteiger charge is -2.57. The molecular weight excluding hydrogens is 296 g/mol. The molecule has 24 heavy (non-hydrogen) atoms. The maximum absolute atomic E-state index is 10.3. The number of fused-ring (bicyclic) bond motifs is 1. The van der Waals surface area contributed by atoms with Crippen molar-refractivity contribution in [3.8, 4) is 0 Å². The fraction of sp³-hybridized carbons (Fsp3) is 0.909. The minimum absolute atomic E-state index is 0.166. The molecule has 2 heteroatoms. The highest BCUT2D eigenvalue weighted by molar-refractivity contribution is 5.20. The van der Waals surface area contributed by atoms with Crippen LogP contribution in [0.3, 0.4) is 0 Å². The van der Waals surface area contributed by atoms with Gasteiger partial charge in [-0.25, -0.2) is 0 Å². The molecule has 0 radical (unpaired) electrons. The van der Waals surface area contributed by atoms with Gasteiger partial charge in [0.1, 0.15) is 0 Å². The molecule has 2 N–H and O–H groups in total. The van der Waals surface area contributed by atoms with Crippen LogP contribution in [0, 0.1) is 46.3 Å². The van der Waals surface area contributed by atoms with Crippen molar-refractivity contribution in [2.75, 3.05) is 13.2 Å². The zero-order valence-corrected chi connectivity index (χ0v) is 16.2. The molecule has 0 spiro atoms. The van der Waals surface area contributed by atoms with Gasteiger partial charge in [0.2, 0.25) is 0 Å². The highest BCUT2D eigenvalue weighted by Crippen LogP contribution is 2.64. The Balaban J connectivity index is 1.91. The lowest BCUT2D eigenvalue weighted by molar-refractivity contribution is -0.104. The Hall–Kier alpha value is -0.340. The van der Waals surface area contributed by atoms with Gasteiger partial charge >= 0.3 is 0 Å². The number of aliphatic hydroxyl groups excluding tert-OH is 2. The van der Waals surface area contributed by atoms with Crippen molar-refractivity contribution >= 4 is 0 Å². The van der Waals surface area contributed by atoms with E-state index in [1.807, 2.05) is 0 Å². The summed E-state index contributed by atoms with van der Waals surface area (Å²) >= 11 is 0. The van der Waals surface area contributed by atoms with Gasteiger partial charge in [-0.3, -0.25) is 0 Å². The van der Waals surface area contributed by atoms with E-state index in [0.717, 1.165) is 12.8 Å². The van der Waals surface area contributed by atoms with Gasteiger partial charge < -0.3 is 10.2 Å². The Bertz CT molecular complexity index is 486. The summed E-state index contributed by atoms with van der Waals surface area (Å²) in [5.41, 5.74) is 1.82. The lowest BCUT2D eigenvalue weighted by atomic mass is 9.48. The Morgan fingerprint density at radius 2 is 1.75 bits per heavy atom. The van der Waals surface area contributed by atoms with Gasteiger partial charge in [-0.1, -0.05) is 39.8 Å². The normalized spacial score (nSPS) is 52.3. The molecule has 3 rings (SSSR count). The molecule has 0 saturated heterocycles. The van der Waals surface area contributed by atoms with E-state index in [2.05, 4.69) is 34.3 Å². The zero-order chi connectivity index (χ0) is 17.7. The van der Waals surface area contributed by atoms with Crippen LogP contribution in [-0.4, -0.2) is 23.4 Å². The standard InChI is InChI=1S/C22H38O2/c1-14-10-17(12-23)22(5,11-15(14)2)20-8-9-21(4)16(3)6-7-19(21)18(20)13-24/h14-15,17-20,23-24H,3,6-13H2,1-2,4-5H3/t14-,15+,17+,18-,19?,20?,21+,22-/m0/s1. The predicted molar refractivity (Wildman–Crippen MR) is 99.5 cm³/mol. The summed E-state index contributed by atoms with van der Waals surface area (Å²) < 4.78 is 0. The first-order valence-corrected chi connectivity index (χ1v) is 10.2.